The van der Waals surface area contributed by atoms with E-state index in [2.05, 4.69) is 9.97 Å². The first kappa shape index (κ1) is 19.5. The molecule has 3 heterocycles. The van der Waals surface area contributed by atoms with Crippen molar-refractivity contribution in [1.29, 1.82) is 0 Å². The van der Waals surface area contributed by atoms with Gasteiger partial charge in [-0.25, -0.2) is 9.37 Å². The highest BCUT2D eigenvalue weighted by atomic mass is 19.1. The maximum absolute atomic E-state index is 13.4. The van der Waals surface area contributed by atoms with Gasteiger partial charge in [-0.3, -0.25) is 9.78 Å². The summed E-state index contributed by atoms with van der Waals surface area (Å²) in [6.45, 7) is 1.37. The number of aromatic amines is 1. The highest BCUT2D eigenvalue weighted by molar-refractivity contribution is 5.82. The number of halogens is 1. The van der Waals surface area contributed by atoms with Crippen LogP contribution in [0.2, 0.25) is 0 Å². The summed E-state index contributed by atoms with van der Waals surface area (Å²) in [7, 11) is 0. The highest BCUT2D eigenvalue weighted by Crippen LogP contribution is 2.31. The molecule has 0 bridgehead atoms. The molecule has 31 heavy (non-hydrogen) atoms. The third-order valence-corrected chi connectivity index (χ3v) is 6.01. The fourth-order valence-corrected chi connectivity index (χ4v) is 4.44. The number of nitrogens with zero attached hydrogens (tertiary/aromatic N) is 3. The summed E-state index contributed by atoms with van der Waals surface area (Å²) >= 11 is 0. The van der Waals surface area contributed by atoms with Crippen LogP contribution >= 0.6 is 0 Å². The van der Waals surface area contributed by atoms with Crippen LogP contribution in [0.15, 0.2) is 48.5 Å². The Bertz CT molecular complexity index is 1270. The van der Waals surface area contributed by atoms with Crippen LogP contribution in [-0.4, -0.2) is 38.8 Å². The molecule has 0 radical (unpaired) electrons. The Kier molecular flexibility index (Phi) is 5.02. The molecular weight excluding hydrogens is 393 g/mol. The van der Waals surface area contributed by atoms with E-state index in [-0.39, 0.29) is 17.6 Å². The number of H-pyrrole nitrogens is 1. The number of likely N-dealkylation sites (tertiary alicyclic amines) is 1. The summed E-state index contributed by atoms with van der Waals surface area (Å²) in [6.07, 6.45) is 2.74. The average molecular weight is 417 g/mol. The number of fused-ring (bicyclic) bond motifs is 2. The van der Waals surface area contributed by atoms with E-state index in [4.69, 9.17) is 10.7 Å². The SMILES string of the molecule is Nc1cc2ccccc2nc1C1CCCN(C(=O)CCc2nc3ccc(F)cc3[nH]2)C1. The fraction of sp³-hybridized carbons (Fsp3) is 0.292. The molecule has 0 saturated carbocycles. The van der Waals surface area contributed by atoms with Gasteiger partial charge in [0, 0.05) is 37.2 Å². The van der Waals surface area contributed by atoms with Crippen molar-refractivity contribution in [3.05, 3.63) is 65.9 Å². The monoisotopic (exact) mass is 417 g/mol. The molecule has 3 N–H and O–H groups in total. The second-order valence-corrected chi connectivity index (χ2v) is 8.18. The van der Waals surface area contributed by atoms with Gasteiger partial charge in [0.05, 0.1) is 27.9 Å². The minimum atomic E-state index is -0.306. The van der Waals surface area contributed by atoms with Gasteiger partial charge in [0.2, 0.25) is 5.91 Å². The van der Waals surface area contributed by atoms with Crippen LogP contribution in [0.3, 0.4) is 0 Å². The molecule has 2 aromatic carbocycles. The second-order valence-electron chi connectivity index (χ2n) is 8.18. The predicted molar refractivity (Wildman–Crippen MR) is 119 cm³/mol. The van der Waals surface area contributed by atoms with Gasteiger partial charge in [0.15, 0.2) is 0 Å². The molecule has 1 saturated heterocycles. The number of benzene rings is 2. The lowest BCUT2D eigenvalue weighted by atomic mass is 9.92. The van der Waals surface area contributed by atoms with Crippen molar-refractivity contribution < 1.29 is 9.18 Å². The number of hydrogen-bond acceptors (Lipinski definition) is 4. The van der Waals surface area contributed by atoms with Gasteiger partial charge in [0.25, 0.3) is 0 Å². The Hall–Kier alpha value is -3.48. The second kappa shape index (κ2) is 7.98. The first-order chi connectivity index (χ1) is 15.1. The molecule has 2 aromatic heterocycles. The molecule has 0 aliphatic carbocycles. The molecule has 158 valence electrons. The number of hydrogen-bond donors (Lipinski definition) is 2. The topological polar surface area (TPSA) is 87.9 Å². The molecule has 1 atom stereocenters. The quantitative estimate of drug-likeness (QED) is 0.522. The van der Waals surface area contributed by atoms with Crippen molar-refractivity contribution >= 4 is 33.5 Å². The number of anilines is 1. The van der Waals surface area contributed by atoms with Crippen LogP contribution < -0.4 is 5.73 Å². The first-order valence-electron chi connectivity index (χ1n) is 10.6. The fourth-order valence-electron chi connectivity index (χ4n) is 4.44. The van der Waals surface area contributed by atoms with Crippen molar-refractivity contribution in [3.8, 4) is 0 Å². The third kappa shape index (κ3) is 3.95. The first-order valence-corrected chi connectivity index (χ1v) is 10.6. The molecule has 7 heteroatoms. The number of pyridine rings is 1. The van der Waals surface area contributed by atoms with E-state index in [0.717, 1.165) is 36.0 Å². The van der Waals surface area contributed by atoms with Gasteiger partial charge < -0.3 is 15.6 Å². The van der Waals surface area contributed by atoms with E-state index in [1.807, 2.05) is 35.2 Å². The van der Waals surface area contributed by atoms with Crippen molar-refractivity contribution in [2.24, 2.45) is 0 Å². The number of imidazole rings is 1. The smallest absolute Gasteiger partial charge is 0.223 e. The predicted octanol–water partition coefficient (Wildman–Crippen LogP) is 4.17. The van der Waals surface area contributed by atoms with Crippen LogP contribution in [0.1, 0.15) is 36.7 Å². The maximum Gasteiger partial charge on any atom is 0.223 e. The van der Waals surface area contributed by atoms with Gasteiger partial charge >= 0.3 is 0 Å². The minimum absolute atomic E-state index is 0.0932. The summed E-state index contributed by atoms with van der Waals surface area (Å²) in [4.78, 5) is 27.2. The molecule has 6 nitrogen and oxygen atoms in total. The number of nitrogen functional groups attached to an aromatic ring is 1. The van der Waals surface area contributed by atoms with Gasteiger partial charge in [-0.15, -0.1) is 0 Å². The molecule has 1 aliphatic heterocycles. The molecular formula is C24H24FN5O. The number of nitrogens with one attached hydrogen (secondary N) is 1. The summed E-state index contributed by atoms with van der Waals surface area (Å²) in [5.41, 5.74) is 10.2. The maximum atomic E-state index is 13.4. The Morgan fingerprint density at radius 1 is 1.16 bits per heavy atom. The third-order valence-electron chi connectivity index (χ3n) is 6.01. The molecule has 0 spiro atoms. The number of amides is 1. The van der Waals surface area contributed by atoms with Crippen molar-refractivity contribution in [2.75, 3.05) is 18.8 Å². The van der Waals surface area contributed by atoms with Gasteiger partial charge in [-0.2, -0.15) is 0 Å². The Labute approximate surface area is 179 Å². The van der Waals surface area contributed by atoms with Gasteiger partial charge in [-0.05, 0) is 43.2 Å². The lowest BCUT2D eigenvalue weighted by molar-refractivity contribution is -0.132. The number of carbonyl (C=O) groups excluding carboxylic acids is 1. The van der Waals surface area contributed by atoms with Gasteiger partial charge in [0.1, 0.15) is 11.6 Å². The summed E-state index contributed by atoms with van der Waals surface area (Å²) in [5.74, 6) is 0.620. The number of aromatic nitrogens is 3. The summed E-state index contributed by atoms with van der Waals surface area (Å²) < 4.78 is 13.4. The van der Waals surface area contributed by atoms with Crippen LogP contribution in [-0.2, 0) is 11.2 Å². The van der Waals surface area contributed by atoms with E-state index in [1.165, 1.54) is 12.1 Å². The number of para-hydroxylation sites is 1. The van der Waals surface area contributed by atoms with Crippen LogP contribution in [0.25, 0.3) is 21.9 Å². The zero-order valence-corrected chi connectivity index (χ0v) is 17.1. The molecule has 1 aliphatic rings. The number of piperidine rings is 1. The standard InChI is InChI=1S/C24H24FN5O/c25-17-7-8-20-21(13-17)28-22(27-20)9-10-23(31)30-11-3-5-16(14-30)24-18(26)12-15-4-1-2-6-19(15)29-24/h1-2,4,6-8,12-13,16H,3,5,9-11,14,26H2,(H,27,28). The normalized spacial score (nSPS) is 16.8. The van der Waals surface area contributed by atoms with E-state index in [9.17, 15) is 9.18 Å². The highest BCUT2D eigenvalue weighted by Gasteiger charge is 2.27. The van der Waals surface area contributed by atoms with Crippen LogP contribution in [0.5, 0.6) is 0 Å². The number of carbonyl (C=O) groups is 1. The minimum Gasteiger partial charge on any atom is -0.397 e. The lowest BCUT2D eigenvalue weighted by Gasteiger charge is -2.33. The summed E-state index contributed by atoms with van der Waals surface area (Å²) in [6, 6.07) is 14.4. The van der Waals surface area contributed by atoms with Crippen LogP contribution in [0.4, 0.5) is 10.1 Å². The van der Waals surface area contributed by atoms with E-state index in [0.29, 0.717) is 41.9 Å². The molecule has 1 unspecified atom stereocenters. The zero-order valence-electron chi connectivity index (χ0n) is 17.1. The van der Waals surface area contributed by atoms with E-state index < -0.39 is 0 Å². The Morgan fingerprint density at radius 2 is 2.03 bits per heavy atom. The van der Waals surface area contributed by atoms with E-state index in [1.54, 1.807) is 6.07 Å². The number of rotatable bonds is 4. The molecule has 1 fully saturated rings. The zero-order chi connectivity index (χ0) is 21.4. The molecule has 4 aromatic rings. The van der Waals surface area contributed by atoms with Crippen molar-refractivity contribution in [1.82, 2.24) is 19.9 Å². The van der Waals surface area contributed by atoms with Gasteiger partial charge in [-0.1, -0.05) is 18.2 Å². The summed E-state index contributed by atoms with van der Waals surface area (Å²) in [5, 5.41) is 1.03. The lowest BCUT2D eigenvalue weighted by Crippen LogP contribution is -2.39. The Balaban J connectivity index is 1.27. The molecule has 5 rings (SSSR count). The Morgan fingerprint density at radius 3 is 2.94 bits per heavy atom. The van der Waals surface area contributed by atoms with Crippen molar-refractivity contribution in [2.45, 2.75) is 31.6 Å². The average Bonchev–Trinajstić information content (AvgIpc) is 3.19. The molecule has 1 amide bonds. The van der Waals surface area contributed by atoms with Crippen molar-refractivity contribution in [3.63, 3.8) is 0 Å². The van der Waals surface area contributed by atoms with Crippen LogP contribution in [0, 0.1) is 5.82 Å². The number of nitrogens with two attached hydrogens (primary N) is 1. The van der Waals surface area contributed by atoms with E-state index >= 15 is 0 Å². The number of aryl methyl sites for hydroxylation is 1. The largest absolute Gasteiger partial charge is 0.397 e.